The molecule has 142 valence electrons. The zero-order chi connectivity index (χ0) is 20.1. The highest BCUT2D eigenvalue weighted by Gasteiger charge is 2.09. The average Bonchev–Trinajstić information content (AvgIpc) is 2.66. The van der Waals surface area contributed by atoms with Crippen molar-refractivity contribution < 1.29 is 9.59 Å². The summed E-state index contributed by atoms with van der Waals surface area (Å²) in [4.78, 5) is 31.8. The zero-order valence-electron chi connectivity index (χ0n) is 15.9. The highest BCUT2D eigenvalue weighted by Crippen LogP contribution is 2.19. The van der Waals surface area contributed by atoms with Crippen LogP contribution in [0.15, 0.2) is 54.9 Å². The van der Waals surface area contributed by atoms with Gasteiger partial charge in [-0.15, -0.1) is 0 Å². The maximum absolute atomic E-state index is 12.4. The minimum Gasteiger partial charge on any atom is -0.326 e. The summed E-state index contributed by atoms with van der Waals surface area (Å²) in [6, 6.07) is 12.9. The van der Waals surface area contributed by atoms with Gasteiger partial charge in [-0.3, -0.25) is 9.59 Å². The number of aryl methyl sites for hydroxylation is 2. The number of benzene rings is 2. The van der Waals surface area contributed by atoms with Gasteiger partial charge in [-0.1, -0.05) is 17.7 Å². The molecule has 0 aliphatic heterocycles. The number of aromatic nitrogens is 2. The first-order chi connectivity index (χ1) is 13.4. The lowest BCUT2D eigenvalue weighted by Crippen LogP contribution is -2.13. The molecule has 0 fully saturated rings. The molecule has 0 aliphatic carbocycles. The van der Waals surface area contributed by atoms with Crippen LogP contribution in [0.4, 0.5) is 23.0 Å². The van der Waals surface area contributed by atoms with Crippen LogP contribution in [0.5, 0.6) is 0 Å². The van der Waals surface area contributed by atoms with Gasteiger partial charge < -0.3 is 16.0 Å². The Hall–Kier alpha value is -3.74. The van der Waals surface area contributed by atoms with Crippen LogP contribution in [0.3, 0.4) is 0 Å². The second-order valence-corrected chi connectivity index (χ2v) is 6.45. The first kappa shape index (κ1) is 19.0. The molecule has 3 aromatic rings. The van der Waals surface area contributed by atoms with E-state index in [0.717, 1.165) is 11.3 Å². The normalized spacial score (nSPS) is 10.2. The van der Waals surface area contributed by atoms with Crippen LogP contribution in [-0.4, -0.2) is 21.8 Å². The Bertz CT molecular complexity index is 998. The number of carbonyl (C=O) groups excluding carboxylic acids is 2. The molecule has 0 radical (unpaired) electrons. The first-order valence-electron chi connectivity index (χ1n) is 8.76. The minimum absolute atomic E-state index is 0.150. The lowest BCUT2D eigenvalue weighted by molar-refractivity contribution is -0.114. The average molecular weight is 375 g/mol. The summed E-state index contributed by atoms with van der Waals surface area (Å²) in [5.41, 5.74) is 4.81. The van der Waals surface area contributed by atoms with E-state index in [1.165, 1.54) is 24.9 Å². The fourth-order valence-corrected chi connectivity index (χ4v) is 2.63. The first-order valence-corrected chi connectivity index (χ1v) is 8.76. The van der Waals surface area contributed by atoms with Crippen molar-refractivity contribution in [1.82, 2.24) is 9.97 Å². The lowest BCUT2D eigenvalue weighted by Gasteiger charge is -2.09. The molecule has 7 nitrogen and oxygen atoms in total. The lowest BCUT2D eigenvalue weighted by atomic mass is 10.1. The van der Waals surface area contributed by atoms with Crippen LogP contribution in [-0.2, 0) is 4.79 Å². The predicted molar refractivity (Wildman–Crippen MR) is 110 cm³/mol. The Morgan fingerprint density at radius 2 is 1.46 bits per heavy atom. The Balaban J connectivity index is 1.64. The molecule has 0 unspecified atom stereocenters. The molecule has 0 spiro atoms. The molecule has 3 rings (SSSR count). The SMILES string of the molecule is CC(=O)Nc1ccc(NC(=O)c2cnc(Nc3ccc(C)cc3C)nc2)cc1. The van der Waals surface area contributed by atoms with Crippen LogP contribution in [0.2, 0.25) is 0 Å². The third-order valence-corrected chi connectivity index (χ3v) is 4.01. The second kappa shape index (κ2) is 8.30. The molecule has 0 saturated carbocycles. The van der Waals surface area contributed by atoms with Gasteiger partial charge in [0.05, 0.1) is 5.56 Å². The van der Waals surface area contributed by atoms with E-state index in [9.17, 15) is 9.59 Å². The second-order valence-electron chi connectivity index (χ2n) is 6.45. The summed E-state index contributed by atoms with van der Waals surface area (Å²) in [6.07, 6.45) is 2.94. The highest BCUT2D eigenvalue weighted by atomic mass is 16.2. The van der Waals surface area contributed by atoms with Gasteiger partial charge in [-0.25, -0.2) is 9.97 Å². The summed E-state index contributed by atoms with van der Waals surface area (Å²) < 4.78 is 0. The summed E-state index contributed by atoms with van der Waals surface area (Å²) in [6.45, 7) is 5.48. The molecule has 1 aromatic heterocycles. The van der Waals surface area contributed by atoms with E-state index in [0.29, 0.717) is 22.9 Å². The maximum Gasteiger partial charge on any atom is 0.258 e. The quantitative estimate of drug-likeness (QED) is 0.625. The van der Waals surface area contributed by atoms with Gasteiger partial charge in [0.1, 0.15) is 0 Å². The van der Waals surface area contributed by atoms with E-state index in [1.54, 1.807) is 24.3 Å². The molecule has 0 saturated heterocycles. The van der Waals surface area contributed by atoms with Crippen LogP contribution < -0.4 is 16.0 Å². The van der Waals surface area contributed by atoms with E-state index in [1.807, 2.05) is 26.0 Å². The smallest absolute Gasteiger partial charge is 0.258 e. The van der Waals surface area contributed by atoms with Crippen LogP contribution in [0, 0.1) is 13.8 Å². The number of hydrogen-bond donors (Lipinski definition) is 3. The number of anilines is 4. The summed E-state index contributed by atoms with van der Waals surface area (Å²) >= 11 is 0. The van der Waals surface area contributed by atoms with Crippen molar-refractivity contribution in [3.63, 3.8) is 0 Å². The number of nitrogens with zero attached hydrogens (tertiary/aromatic N) is 2. The molecular weight excluding hydrogens is 354 g/mol. The van der Waals surface area contributed by atoms with Gasteiger partial charge in [0.2, 0.25) is 11.9 Å². The fraction of sp³-hybridized carbons (Fsp3) is 0.143. The number of rotatable bonds is 5. The topological polar surface area (TPSA) is 96.0 Å². The number of nitrogens with one attached hydrogen (secondary N) is 3. The fourth-order valence-electron chi connectivity index (χ4n) is 2.63. The Morgan fingerprint density at radius 3 is 2.04 bits per heavy atom. The highest BCUT2D eigenvalue weighted by molar-refractivity contribution is 6.04. The van der Waals surface area contributed by atoms with E-state index in [4.69, 9.17) is 0 Å². The van der Waals surface area contributed by atoms with E-state index in [-0.39, 0.29) is 11.8 Å². The van der Waals surface area contributed by atoms with Crippen molar-refractivity contribution in [2.75, 3.05) is 16.0 Å². The Labute approximate surface area is 163 Å². The Kier molecular flexibility index (Phi) is 5.64. The van der Waals surface area contributed by atoms with Crippen molar-refractivity contribution in [3.8, 4) is 0 Å². The van der Waals surface area contributed by atoms with Crippen molar-refractivity contribution in [2.24, 2.45) is 0 Å². The molecule has 2 aromatic carbocycles. The summed E-state index contributed by atoms with van der Waals surface area (Å²) in [5.74, 6) is -0.0445. The molecule has 0 aliphatic rings. The van der Waals surface area contributed by atoms with Gasteiger partial charge in [0, 0.05) is 36.4 Å². The zero-order valence-corrected chi connectivity index (χ0v) is 15.9. The van der Waals surface area contributed by atoms with Crippen molar-refractivity contribution in [3.05, 3.63) is 71.5 Å². The third-order valence-electron chi connectivity index (χ3n) is 4.01. The van der Waals surface area contributed by atoms with Gasteiger partial charge in [-0.2, -0.15) is 0 Å². The van der Waals surface area contributed by atoms with Crippen LogP contribution >= 0.6 is 0 Å². The van der Waals surface area contributed by atoms with E-state index < -0.39 is 0 Å². The molecule has 0 bridgehead atoms. The van der Waals surface area contributed by atoms with Crippen molar-refractivity contribution >= 4 is 34.8 Å². The predicted octanol–water partition coefficient (Wildman–Crippen LogP) is 4.05. The summed E-state index contributed by atoms with van der Waals surface area (Å²) in [5, 5.41) is 8.59. The van der Waals surface area contributed by atoms with E-state index in [2.05, 4.69) is 32.0 Å². The van der Waals surface area contributed by atoms with Gasteiger partial charge >= 0.3 is 0 Å². The number of amides is 2. The monoisotopic (exact) mass is 375 g/mol. The molecule has 0 atom stereocenters. The van der Waals surface area contributed by atoms with Crippen LogP contribution in [0.1, 0.15) is 28.4 Å². The van der Waals surface area contributed by atoms with Crippen LogP contribution in [0.25, 0.3) is 0 Å². The summed E-state index contributed by atoms with van der Waals surface area (Å²) in [7, 11) is 0. The van der Waals surface area contributed by atoms with E-state index >= 15 is 0 Å². The third kappa shape index (κ3) is 4.91. The van der Waals surface area contributed by atoms with Crippen molar-refractivity contribution in [2.45, 2.75) is 20.8 Å². The Morgan fingerprint density at radius 1 is 0.857 bits per heavy atom. The van der Waals surface area contributed by atoms with Crippen molar-refractivity contribution in [1.29, 1.82) is 0 Å². The van der Waals surface area contributed by atoms with Gasteiger partial charge in [0.15, 0.2) is 0 Å². The molecule has 7 heteroatoms. The van der Waals surface area contributed by atoms with Gasteiger partial charge in [0.25, 0.3) is 5.91 Å². The standard InChI is InChI=1S/C21H21N5O2/c1-13-4-9-19(14(2)10-13)26-21-22-11-16(12-23-21)20(28)25-18-7-5-17(6-8-18)24-15(3)27/h4-12H,1-3H3,(H,24,27)(H,25,28)(H,22,23,26). The van der Waals surface area contributed by atoms with Gasteiger partial charge in [-0.05, 0) is 49.7 Å². The molecule has 28 heavy (non-hydrogen) atoms. The molecule has 3 N–H and O–H groups in total. The maximum atomic E-state index is 12.4. The number of hydrogen-bond acceptors (Lipinski definition) is 5. The molecular formula is C21H21N5O2. The number of carbonyl (C=O) groups is 2. The minimum atomic E-state index is -0.314. The largest absolute Gasteiger partial charge is 0.326 e. The molecule has 2 amide bonds. The molecule has 1 heterocycles.